The first kappa shape index (κ1) is 20.6. The minimum atomic E-state index is -0.503. The number of carbonyl (C=O) groups is 1. The van der Waals surface area contributed by atoms with Gasteiger partial charge in [-0.2, -0.15) is 0 Å². The topological polar surface area (TPSA) is 54.0 Å². The van der Waals surface area contributed by atoms with Crippen molar-refractivity contribution in [1.29, 1.82) is 0 Å². The molecule has 0 aliphatic carbocycles. The molecule has 146 valence electrons. The molecule has 0 aliphatic rings. The van der Waals surface area contributed by atoms with Crippen LogP contribution in [0.4, 0.5) is 0 Å². The van der Waals surface area contributed by atoms with Gasteiger partial charge in [0.15, 0.2) is 0 Å². The maximum atomic E-state index is 12.9. The summed E-state index contributed by atoms with van der Waals surface area (Å²) >= 11 is 0. The molecule has 27 heavy (non-hydrogen) atoms. The molecule has 0 bridgehead atoms. The van der Waals surface area contributed by atoms with Gasteiger partial charge in [0, 0.05) is 5.56 Å². The summed E-state index contributed by atoms with van der Waals surface area (Å²) in [6.45, 7) is 10.0. The molecule has 0 saturated carbocycles. The molecule has 5 heteroatoms. The number of esters is 1. The largest absolute Gasteiger partial charge is 0.497 e. The molecule has 2 aromatic carbocycles. The summed E-state index contributed by atoms with van der Waals surface area (Å²) < 4.78 is 22.0. The average Bonchev–Trinajstić information content (AvgIpc) is 2.60. The van der Waals surface area contributed by atoms with Gasteiger partial charge in [0.05, 0.1) is 20.3 Å². The highest BCUT2D eigenvalue weighted by atomic mass is 16.5. The summed E-state index contributed by atoms with van der Waals surface area (Å²) in [6.07, 6.45) is -0.00338. The third-order valence-corrected chi connectivity index (χ3v) is 3.96. The summed E-state index contributed by atoms with van der Waals surface area (Å²) in [5.41, 5.74) is 0.965. The molecule has 2 aromatic rings. The second-order valence-electron chi connectivity index (χ2n) is 7.53. The number of carbonyl (C=O) groups excluding carboxylic acids is 1. The lowest BCUT2D eigenvalue weighted by atomic mass is 9.86. The van der Waals surface area contributed by atoms with Crippen LogP contribution in [0.2, 0.25) is 0 Å². The molecular formula is C22H28O5. The molecule has 0 unspecified atom stereocenters. The molecule has 0 saturated heterocycles. The fraction of sp³-hybridized carbons (Fsp3) is 0.409. The van der Waals surface area contributed by atoms with Crippen LogP contribution in [0.3, 0.4) is 0 Å². The maximum Gasteiger partial charge on any atom is 0.347 e. The summed E-state index contributed by atoms with van der Waals surface area (Å²) in [5, 5.41) is 0. The third-order valence-electron chi connectivity index (χ3n) is 3.96. The molecule has 0 aromatic heterocycles. The van der Waals surface area contributed by atoms with Crippen LogP contribution in [0, 0.1) is 0 Å². The lowest BCUT2D eigenvalue weighted by Gasteiger charge is -2.23. The van der Waals surface area contributed by atoms with E-state index in [-0.39, 0.29) is 11.5 Å². The SMILES string of the molecule is COc1ccc(OC(=O)c2cc(OC(C)C)ccc2OC)c(C(C)(C)C)c1. The van der Waals surface area contributed by atoms with Gasteiger partial charge in [-0.05, 0) is 55.7 Å². The molecular weight excluding hydrogens is 344 g/mol. The second kappa shape index (κ2) is 8.33. The van der Waals surface area contributed by atoms with E-state index in [0.717, 1.165) is 5.56 Å². The van der Waals surface area contributed by atoms with Crippen molar-refractivity contribution >= 4 is 5.97 Å². The fourth-order valence-electron chi connectivity index (χ4n) is 2.66. The first-order valence-corrected chi connectivity index (χ1v) is 8.91. The quantitative estimate of drug-likeness (QED) is 0.527. The van der Waals surface area contributed by atoms with E-state index in [9.17, 15) is 4.79 Å². The summed E-state index contributed by atoms with van der Waals surface area (Å²) in [6, 6.07) is 10.5. The van der Waals surface area contributed by atoms with Crippen LogP contribution >= 0.6 is 0 Å². The van der Waals surface area contributed by atoms with Crippen molar-refractivity contribution < 1.29 is 23.7 Å². The van der Waals surface area contributed by atoms with Crippen LogP contribution in [0.15, 0.2) is 36.4 Å². The molecule has 0 heterocycles. The number of benzene rings is 2. The minimum Gasteiger partial charge on any atom is -0.497 e. The zero-order valence-corrected chi connectivity index (χ0v) is 17.1. The molecule has 0 spiro atoms. The molecule has 0 N–H and O–H groups in total. The number of ether oxygens (including phenoxy) is 4. The van der Waals surface area contributed by atoms with Crippen molar-refractivity contribution in [2.75, 3.05) is 14.2 Å². The van der Waals surface area contributed by atoms with E-state index in [1.54, 1.807) is 37.4 Å². The van der Waals surface area contributed by atoms with Crippen LogP contribution < -0.4 is 18.9 Å². The van der Waals surface area contributed by atoms with E-state index in [1.807, 2.05) is 19.9 Å². The molecule has 0 amide bonds. The first-order valence-electron chi connectivity index (χ1n) is 8.91. The molecule has 0 atom stereocenters. The molecule has 0 radical (unpaired) electrons. The minimum absolute atomic E-state index is 0.00338. The Hall–Kier alpha value is -2.69. The summed E-state index contributed by atoms with van der Waals surface area (Å²) in [4.78, 5) is 12.9. The van der Waals surface area contributed by atoms with E-state index >= 15 is 0 Å². The van der Waals surface area contributed by atoms with E-state index in [2.05, 4.69) is 20.8 Å². The van der Waals surface area contributed by atoms with Crippen molar-refractivity contribution in [3.8, 4) is 23.0 Å². The van der Waals surface area contributed by atoms with Crippen molar-refractivity contribution in [3.63, 3.8) is 0 Å². The van der Waals surface area contributed by atoms with Crippen LogP contribution in [-0.4, -0.2) is 26.3 Å². The number of rotatable bonds is 6. The van der Waals surface area contributed by atoms with Crippen LogP contribution in [0.1, 0.15) is 50.5 Å². The zero-order chi connectivity index (χ0) is 20.2. The molecule has 5 nitrogen and oxygen atoms in total. The van der Waals surface area contributed by atoms with Crippen molar-refractivity contribution in [1.82, 2.24) is 0 Å². The monoisotopic (exact) mass is 372 g/mol. The molecule has 0 aliphatic heterocycles. The van der Waals surface area contributed by atoms with Gasteiger partial charge in [0.25, 0.3) is 0 Å². The Morgan fingerprint density at radius 3 is 2.07 bits per heavy atom. The van der Waals surface area contributed by atoms with Gasteiger partial charge >= 0.3 is 5.97 Å². The second-order valence-corrected chi connectivity index (χ2v) is 7.53. The Morgan fingerprint density at radius 1 is 0.889 bits per heavy atom. The zero-order valence-electron chi connectivity index (χ0n) is 17.1. The Balaban J connectivity index is 2.40. The fourth-order valence-corrected chi connectivity index (χ4v) is 2.66. The first-order chi connectivity index (χ1) is 12.7. The highest BCUT2D eigenvalue weighted by Gasteiger charge is 2.23. The van der Waals surface area contributed by atoms with E-state index in [0.29, 0.717) is 28.6 Å². The normalized spacial score (nSPS) is 11.3. The van der Waals surface area contributed by atoms with Gasteiger partial charge in [0.1, 0.15) is 28.6 Å². The van der Waals surface area contributed by atoms with Crippen molar-refractivity contribution in [2.45, 2.75) is 46.1 Å². The van der Waals surface area contributed by atoms with Gasteiger partial charge in [-0.1, -0.05) is 20.8 Å². The smallest absolute Gasteiger partial charge is 0.347 e. The van der Waals surface area contributed by atoms with Crippen molar-refractivity contribution in [3.05, 3.63) is 47.5 Å². The highest BCUT2D eigenvalue weighted by Crippen LogP contribution is 2.35. The maximum absolute atomic E-state index is 12.9. The van der Waals surface area contributed by atoms with Crippen LogP contribution in [-0.2, 0) is 5.41 Å². The Morgan fingerprint density at radius 2 is 1.52 bits per heavy atom. The van der Waals surface area contributed by atoms with Gasteiger partial charge in [-0.15, -0.1) is 0 Å². The predicted molar refractivity (Wildman–Crippen MR) is 105 cm³/mol. The van der Waals surface area contributed by atoms with Gasteiger partial charge in [-0.3, -0.25) is 0 Å². The predicted octanol–water partition coefficient (Wildman–Crippen LogP) is 5.01. The molecule has 0 fully saturated rings. The lowest BCUT2D eigenvalue weighted by Crippen LogP contribution is -2.17. The molecule has 2 rings (SSSR count). The van der Waals surface area contributed by atoms with Crippen LogP contribution in [0.5, 0.6) is 23.0 Å². The van der Waals surface area contributed by atoms with E-state index in [1.165, 1.54) is 7.11 Å². The average molecular weight is 372 g/mol. The van der Waals surface area contributed by atoms with Crippen molar-refractivity contribution in [2.24, 2.45) is 0 Å². The summed E-state index contributed by atoms with van der Waals surface area (Å²) in [7, 11) is 3.13. The number of hydrogen-bond acceptors (Lipinski definition) is 5. The van der Waals surface area contributed by atoms with E-state index in [4.69, 9.17) is 18.9 Å². The van der Waals surface area contributed by atoms with Crippen LogP contribution in [0.25, 0.3) is 0 Å². The van der Waals surface area contributed by atoms with Gasteiger partial charge < -0.3 is 18.9 Å². The standard InChI is InChI=1S/C22H28O5/c1-14(2)26-16-9-10-19(25-7)17(12-16)21(23)27-20-11-8-15(24-6)13-18(20)22(3,4)5/h8-14H,1-7H3. The highest BCUT2D eigenvalue weighted by molar-refractivity contribution is 5.94. The Labute approximate surface area is 161 Å². The Kier molecular flexibility index (Phi) is 6.37. The van der Waals surface area contributed by atoms with Gasteiger partial charge in [-0.25, -0.2) is 4.79 Å². The number of methoxy groups -OCH3 is 2. The lowest BCUT2D eigenvalue weighted by molar-refractivity contribution is 0.0727. The Bertz CT molecular complexity index is 803. The number of hydrogen-bond donors (Lipinski definition) is 0. The third kappa shape index (κ3) is 5.16. The van der Waals surface area contributed by atoms with Gasteiger partial charge in [0.2, 0.25) is 0 Å². The van der Waals surface area contributed by atoms with E-state index < -0.39 is 5.97 Å². The summed E-state index contributed by atoms with van der Waals surface area (Å²) in [5.74, 6) is 1.72.